The second-order valence-corrected chi connectivity index (χ2v) is 5.25. The normalized spacial score (nSPS) is 12.4. The Kier molecular flexibility index (Phi) is 4.88. The van der Waals surface area contributed by atoms with Crippen LogP contribution in [-0.2, 0) is 6.42 Å². The molecular weight excluding hydrogens is 251 g/mol. The van der Waals surface area contributed by atoms with Gasteiger partial charge in [0.05, 0.1) is 0 Å². The van der Waals surface area contributed by atoms with Gasteiger partial charge in [-0.05, 0) is 49.4 Å². The van der Waals surface area contributed by atoms with E-state index in [1.165, 1.54) is 11.1 Å². The predicted molar refractivity (Wildman–Crippen MR) is 80.7 cm³/mol. The Balaban J connectivity index is 2.05. The van der Waals surface area contributed by atoms with Gasteiger partial charge in [0.15, 0.2) is 0 Å². The second kappa shape index (κ2) is 6.64. The zero-order chi connectivity index (χ0) is 14.5. The van der Waals surface area contributed by atoms with Crippen molar-refractivity contribution in [3.05, 3.63) is 70.5 Å². The molecule has 2 aromatic carbocycles. The van der Waals surface area contributed by atoms with Crippen molar-refractivity contribution >= 4 is 0 Å². The van der Waals surface area contributed by atoms with E-state index in [2.05, 4.69) is 36.6 Å². The number of nitrogens with one attached hydrogen (secondary N) is 1. The van der Waals surface area contributed by atoms with Gasteiger partial charge in [-0.1, -0.05) is 42.0 Å². The average molecular weight is 272 g/mol. The van der Waals surface area contributed by atoms with Gasteiger partial charge in [-0.25, -0.2) is 4.39 Å². The standard InChI is InChI=1S/C17H21FN2/c1-12-3-6-14(7-4-12)8-10-17(20-19)15-9-5-13(2)16(18)11-15/h3-7,9,11,17,20H,8,10,19H2,1-2H3. The lowest BCUT2D eigenvalue weighted by molar-refractivity contribution is 0.511. The first-order valence-electron chi connectivity index (χ1n) is 6.88. The zero-order valence-electron chi connectivity index (χ0n) is 12.0. The Labute approximate surface area is 119 Å². The number of rotatable bonds is 5. The molecule has 2 aromatic rings. The molecule has 3 N–H and O–H groups in total. The molecule has 0 saturated carbocycles. The molecule has 2 nitrogen and oxygen atoms in total. The van der Waals surface area contributed by atoms with Crippen LogP contribution in [0.2, 0.25) is 0 Å². The minimum Gasteiger partial charge on any atom is -0.271 e. The third-order valence-corrected chi connectivity index (χ3v) is 3.64. The van der Waals surface area contributed by atoms with Crippen LogP contribution in [0.4, 0.5) is 4.39 Å². The molecule has 0 fully saturated rings. The molecule has 0 aliphatic carbocycles. The number of hydrazine groups is 1. The predicted octanol–water partition coefficient (Wildman–Crippen LogP) is 3.58. The SMILES string of the molecule is Cc1ccc(CCC(NN)c2ccc(C)c(F)c2)cc1. The van der Waals surface area contributed by atoms with Crippen LogP contribution in [0.1, 0.15) is 34.7 Å². The third kappa shape index (κ3) is 3.65. The van der Waals surface area contributed by atoms with Crippen molar-refractivity contribution in [2.75, 3.05) is 0 Å². The van der Waals surface area contributed by atoms with Gasteiger partial charge in [0.25, 0.3) is 0 Å². The quantitative estimate of drug-likeness (QED) is 0.645. The van der Waals surface area contributed by atoms with Crippen molar-refractivity contribution in [3.63, 3.8) is 0 Å². The van der Waals surface area contributed by atoms with Crippen molar-refractivity contribution < 1.29 is 4.39 Å². The number of hydrogen-bond acceptors (Lipinski definition) is 2. The fourth-order valence-corrected chi connectivity index (χ4v) is 2.24. The van der Waals surface area contributed by atoms with Crippen LogP contribution < -0.4 is 11.3 Å². The molecule has 0 radical (unpaired) electrons. The Bertz CT molecular complexity index is 564. The largest absolute Gasteiger partial charge is 0.271 e. The van der Waals surface area contributed by atoms with Gasteiger partial charge >= 0.3 is 0 Å². The van der Waals surface area contributed by atoms with Crippen LogP contribution in [-0.4, -0.2) is 0 Å². The fourth-order valence-electron chi connectivity index (χ4n) is 2.24. The Morgan fingerprint density at radius 2 is 1.80 bits per heavy atom. The van der Waals surface area contributed by atoms with Crippen molar-refractivity contribution in [1.29, 1.82) is 0 Å². The van der Waals surface area contributed by atoms with Gasteiger partial charge in [0.1, 0.15) is 5.82 Å². The first-order chi connectivity index (χ1) is 9.60. The van der Waals surface area contributed by atoms with E-state index in [1.54, 1.807) is 19.1 Å². The summed E-state index contributed by atoms with van der Waals surface area (Å²) in [5.74, 6) is 5.43. The van der Waals surface area contributed by atoms with Crippen molar-refractivity contribution in [3.8, 4) is 0 Å². The summed E-state index contributed by atoms with van der Waals surface area (Å²) in [6.07, 6.45) is 1.74. The highest BCUT2D eigenvalue weighted by atomic mass is 19.1. The molecule has 0 aliphatic rings. The van der Waals surface area contributed by atoms with E-state index in [0.29, 0.717) is 5.56 Å². The van der Waals surface area contributed by atoms with Crippen LogP contribution in [0.15, 0.2) is 42.5 Å². The molecule has 20 heavy (non-hydrogen) atoms. The van der Waals surface area contributed by atoms with E-state index >= 15 is 0 Å². The summed E-state index contributed by atoms with van der Waals surface area (Å²) in [6.45, 7) is 3.83. The zero-order valence-corrected chi connectivity index (χ0v) is 12.0. The van der Waals surface area contributed by atoms with E-state index in [1.807, 2.05) is 6.07 Å². The fraction of sp³-hybridized carbons (Fsp3) is 0.294. The molecule has 0 bridgehead atoms. The Morgan fingerprint density at radius 1 is 1.10 bits per heavy atom. The van der Waals surface area contributed by atoms with Gasteiger partial charge < -0.3 is 0 Å². The summed E-state index contributed by atoms with van der Waals surface area (Å²) in [5, 5.41) is 0. The van der Waals surface area contributed by atoms with Crippen LogP contribution in [0.5, 0.6) is 0 Å². The maximum atomic E-state index is 13.6. The number of benzene rings is 2. The van der Waals surface area contributed by atoms with E-state index < -0.39 is 0 Å². The highest BCUT2D eigenvalue weighted by molar-refractivity contribution is 5.26. The molecule has 2 rings (SSSR count). The van der Waals surface area contributed by atoms with Crippen LogP contribution in [0.25, 0.3) is 0 Å². The summed E-state index contributed by atoms with van der Waals surface area (Å²) in [4.78, 5) is 0. The number of hydrogen-bond donors (Lipinski definition) is 2. The summed E-state index contributed by atoms with van der Waals surface area (Å²) >= 11 is 0. The van der Waals surface area contributed by atoms with Gasteiger partial charge in [-0.2, -0.15) is 0 Å². The van der Waals surface area contributed by atoms with Gasteiger partial charge in [-0.15, -0.1) is 0 Å². The first-order valence-corrected chi connectivity index (χ1v) is 6.88. The average Bonchev–Trinajstić information content (AvgIpc) is 2.45. The van der Waals surface area contributed by atoms with Crippen LogP contribution >= 0.6 is 0 Å². The number of aryl methyl sites for hydroxylation is 3. The van der Waals surface area contributed by atoms with E-state index in [9.17, 15) is 4.39 Å². The highest BCUT2D eigenvalue weighted by Crippen LogP contribution is 2.21. The lowest BCUT2D eigenvalue weighted by Gasteiger charge is -2.17. The third-order valence-electron chi connectivity index (χ3n) is 3.64. The molecule has 1 atom stereocenters. The minimum absolute atomic E-state index is 0.0357. The minimum atomic E-state index is -0.182. The van der Waals surface area contributed by atoms with E-state index in [-0.39, 0.29) is 11.9 Å². The van der Waals surface area contributed by atoms with Gasteiger partial charge in [0, 0.05) is 6.04 Å². The highest BCUT2D eigenvalue weighted by Gasteiger charge is 2.11. The second-order valence-electron chi connectivity index (χ2n) is 5.25. The van der Waals surface area contributed by atoms with E-state index in [0.717, 1.165) is 18.4 Å². The number of nitrogens with two attached hydrogens (primary N) is 1. The van der Waals surface area contributed by atoms with Crippen molar-refractivity contribution in [2.24, 2.45) is 5.84 Å². The molecule has 1 unspecified atom stereocenters. The van der Waals surface area contributed by atoms with Crippen LogP contribution in [0, 0.1) is 19.7 Å². The van der Waals surface area contributed by atoms with Gasteiger partial charge in [0.2, 0.25) is 0 Å². The van der Waals surface area contributed by atoms with Crippen molar-refractivity contribution in [2.45, 2.75) is 32.7 Å². The molecule has 0 spiro atoms. The summed E-state index contributed by atoms with van der Waals surface area (Å²) < 4.78 is 13.6. The first kappa shape index (κ1) is 14.7. The smallest absolute Gasteiger partial charge is 0.126 e. The molecule has 0 amide bonds. The summed E-state index contributed by atoms with van der Waals surface area (Å²) in [5.41, 5.74) is 6.85. The molecular formula is C17H21FN2. The Hall–Kier alpha value is -1.71. The monoisotopic (exact) mass is 272 g/mol. The maximum absolute atomic E-state index is 13.6. The van der Waals surface area contributed by atoms with Gasteiger partial charge in [-0.3, -0.25) is 11.3 Å². The van der Waals surface area contributed by atoms with E-state index in [4.69, 9.17) is 5.84 Å². The number of halogens is 1. The lowest BCUT2D eigenvalue weighted by atomic mass is 9.98. The summed E-state index contributed by atoms with van der Waals surface area (Å²) in [7, 11) is 0. The molecule has 0 aromatic heterocycles. The lowest BCUT2D eigenvalue weighted by Crippen LogP contribution is -2.28. The molecule has 106 valence electrons. The van der Waals surface area contributed by atoms with Crippen LogP contribution in [0.3, 0.4) is 0 Å². The summed E-state index contributed by atoms with van der Waals surface area (Å²) in [6, 6.07) is 13.7. The molecule has 0 saturated heterocycles. The maximum Gasteiger partial charge on any atom is 0.126 e. The molecule has 0 aliphatic heterocycles. The topological polar surface area (TPSA) is 38.0 Å². The molecule has 0 heterocycles. The van der Waals surface area contributed by atoms with Crippen molar-refractivity contribution in [1.82, 2.24) is 5.43 Å². The molecule has 3 heteroatoms. The Morgan fingerprint density at radius 3 is 2.40 bits per heavy atom.